The average Bonchev–Trinajstić information content (AvgIpc) is 2.38. The lowest BCUT2D eigenvalue weighted by Crippen LogP contribution is -2.44. The van der Waals surface area contributed by atoms with E-state index in [2.05, 4.69) is 10.6 Å². The highest BCUT2D eigenvalue weighted by Gasteiger charge is 2.19. The van der Waals surface area contributed by atoms with Crippen molar-refractivity contribution in [3.8, 4) is 11.8 Å². The van der Waals surface area contributed by atoms with E-state index in [4.69, 9.17) is 21.6 Å². The first-order chi connectivity index (χ1) is 8.99. The van der Waals surface area contributed by atoms with Gasteiger partial charge in [-0.05, 0) is 19.1 Å². The Morgan fingerprint density at radius 2 is 2.16 bits per heavy atom. The fourth-order valence-electron chi connectivity index (χ4n) is 1.23. The molecule has 0 bridgehead atoms. The van der Waals surface area contributed by atoms with Crippen LogP contribution in [0.2, 0.25) is 5.02 Å². The van der Waals surface area contributed by atoms with Crippen molar-refractivity contribution in [3.05, 3.63) is 28.8 Å². The number of amides is 3. The summed E-state index contributed by atoms with van der Waals surface area (Å²) < 4.78 is 5.33. The molecule has 1 aromatic carbocycles. The first kappa shape index (κ1) is 14.8. The van der Waals surface area contributed by atoms with Crippen molar-refractivity contribution in [2.45, 2.75) is 13.0 Å². The van der Waals surface area contributed by atoms with E-state index in [0.717, 1.165) is 0 Å². The second-order valence-electron chi connectivity index (χ2n) is 3.55. The molecule has 3 amide bonds. The number of nitrogens with one attached hydrogen (secondary N) is 2. The second-order valence-corrected chi connectivity index (χ2v) is 3.96. The number of imide groups is 1. The molecule has 6 nitrogen and oxygen atoms in total. The average molecular weight is 282 g/mol. The Hall–Kier alpha value is -2.26. The number of urea groups is 1. The SMILES string of the molecule is CNC(=O)NC(=O)C(C)Oc1cccc(Cl)c1C#N. The van der Waals surface area contributed by atoms with Crippen molar-refractivity contribution in [3.63, 3.8) is 0 Å². The van der Waals surface area contributed by atoms with Gasteiger partial charge in [0.05, 0.1) is 5.02 Å². The van der Waals surface area contributed by atoms with Gasteiger partial charge in [0.1, 0.15) is 17.4 Å². The summed E-state index contributed by atoms with van der Waals surface area (Å²) in [5, 5.41) is 13.5. The van der Waals surface area contributed by atoms with Crippen LogP contribution in [0.5, 0.6) is 5.75 Å². The van der Waals surface area contributed by atoms with E-state index in [1.54, 1.807) is 12.1 Å². The van der Waals surface area contributed by atoms with E-state index in [1.807, 2.05) is 6.07 Å². The Balaban J connectivity index is 2.80. The zero-order valence-electron chi connectivity index (χ0n) is 10.4. The van der Waals surface area contributed by atoms with Gasteiger partial charge in [-0.3, -0.25) is 10.1 Å². The third-order valence-electron chi connectivity index (χ3n) is 2.22. The molecule has 0 aliphatic carbocycles. The first-order valence-corrected chi connectivity index (χ1v) is 5.75. The molecule has 0 aliphatic heterocycles. The number of halogens is 1. The van der Waals surface area contributed by atoms with Gasteiger partial charge in [-0.2, -0.15) is 5.26 Å². The molecule has 0 heterocycles. The van der Waals surface area contributed by atoms with Crippen molar-refractivity contribution >= 4 is 23.5 Å². The molecule has 0 aromatic heterocycles. The predicted octanol–water partition coefficient (Wildman–Crippen LogP) is 1.43. The van der Waals surface area contributed by atoms with E-state index in [-0.39, 0.29) is 16.3 Å². The first-order valence-electron chi connectivity index (χ1n) is 5.37. The smallest absolute Gasteiger partial charge is 0.321 e. The molecule has 100 valence electrons. The van der Waals surface area contributed by atoms with Gasteiger partial charge in [-0.25, -0.2) is 4.79 Å². The minimum atomic E-state index is -0.942. The molecule has 0 spiro atoms. The summed E-state index contributed by atoms with van der Waals surface area (Å²) in [6.07, 6.45) is -0.942. The lowest BCUT2D eigenvalue weighted by atomic mass is 10.2. The van der Waals surface area contributed by atoms with Crippen molar-refractivity contribution in [2.24, 2.45) is 0 Å². The molecular formula is C12H12ClN3O3. The normalized spacial score (nSPS) is 11.1. The number of carbonyl (C=O) groups is 2. The van der Waals surface area contributed by atoms with Crippen molar-refractivity contribution in [1.29, 1.82) is 5.26 Å². The maximum Gasteiger partial charge on any atom is 0.321 e. The molecule has 7 heteroatoms. The summed E-state index contributed by atoms with van der Waals surface area (Å²) in [6, 6.07) is 5.92. The molecular weight excluding hydrogens is 270 g/mol. The summed E-state index contributed by atoms with van der Waals surface area (Å²) in [6.45, 7) is 1.46. The Bertz CT molecular complexity index is 540. The van der Waals surface area contributed by atoms with Crippen molar-refractivity contribution in [1.82, 2.24) is 10.6 Å². The second kappa shape index (κ2) is 6.61. The van der Waals surface area contributed by atoms with Gasteiger partial charge >= 0.3 is 6.03 Å². The van der Waals surface area contributed by atoms with Crippen molar-refractivity contribution in [2.75, 3.05) is 7.05 Å². The molecule has 0 radical (unpaired) electrons. The van der Waals surface area contributed by atoms with Crippen LogP contribution < -0.4 is 15.4 Å². The van der Waals surface area contributed by atoms with Gasteiger partial charge in [0.25, 0.3) is 5.91 Å². The number of benzene rings is 1. The Morgan fingerprint density at radius 3 is 2.74 bits per heavy atom. The number of nitrogens with zero attached hydrogens (tertiary/aromatic N) is 1. The van der Waals surface area contributed by atoms with Gasteiger partial charge in [-0.1, -0.05) is 17.7 Å². The number of rotatable bonds is 3. The van der Waals surface area contributed by atoms with Gasteiger partial charge in [0.2, 0.25) is 0 Å². The molecule has 2 N–H and O–H groups in total. The minimum Gasteiger partial charge on any atom is -0.479 e. The van der Waals surface area contributed by atoms with Crippen LogP contribution in [0.15, 0.2) is 18.2 Å². The number of nitriles is 1. The van der Waals surface area contributed by atoms with E-state index < -0.39 is 18.0 Å². The third kappa shape index (κ3) is 3.86. The Morgan fingerprint density at radius 1 is 1.47 bits per heavy atom. The minimum absolute atomic E-state index is 0.142. The number of hydrogen-bond acceptors (Lipinski definition) is 4. The summed E-state index contributed by atoms with van der Waals surface area (Å²) >= 11 is 5.83. The summed E-state index contributed by atoms with van der Waals surface area (Å²) in [4.78, 5) is 22.6. The van der Waals surface area contributed by atoms with Gasteiger partial charge in [0, 0.05) is 7.05 Å². The molecule has 0 saturated heterocycles. The summed E-state index contributed by atoms with van der Waals surface area (Å²) in [5.74, 6) is -0.433. The topological polar surface area (TPSA) is 91.2 Å². The number of hydrogen-bond donors (Lipinski definition) is 2. The van der Waals surface area contributed by atoms with Gasteiger partial charge in [-0.15, -0.1) is 0 Å². The standard InChI is InChI=1S/C12H12ClN3O3/c1-7(11(17)16-12(18)15-2)19-10-5-3-4-9(13)8(10)6-14/h3-5,7H,1-2H3,(H2,15,16,17,18). The largest absolute Gasteiger partial charge is 0.479 e. The van der Waals surface area contributed by atoms with Gasteiger partial charge < -0.3 is 10.1 Å². The molecule has 19 heavy (non-hydrogen) atoms. The zero-order chi connectivity index (χ0) is 14.4. The van der Waals surface area contributed by atoms with Crippen molar-refractivity contribution < 1.29 is 14.3 Å². The number of ether oxygens (including phenoxy) is 1. The maximum atomic E-state index is 11.6. The van der Waals surface area contributed by atoms with E-state index >= 15 is 0 Å². The van der Waals surface area contributed by atoms with Crippen LogP contribution in [-0.2, 0) is 4.79 Å². The molecule has 1 atom stereocenters. The van der Waals surface area contributed by atoms with Crippen LogP contribution >= 0.6 is 11.6 Å². The highest BCUT2D eigenvalue weighted by Crippen LogP contribution is 2.26. The molecule has 0 saturated carbocycles. The fourth-order valence-corrected chi connectivity index (χ4v) is 1.44. The van der Waals surface area contributed by atoms with Crippen LogP contribution in [0.1, 0.15) is 12.5 Å². The van der Waals surface area contributed by atoms with E-state index in [1.165, 1.54) is 20.0 Å². The molecule has 0 aliphatic rings. The van der Waals surface area contributed by atoms with Crippen LogP contribution in [0.25, 0.3) is 0 Å². The fraction of sp³-hybridized carbons (Fsp3) is 0.250. The molecule has 1 unspecified atom stereocenters. The van der Waals surface area contributed by atoms with E-state index in [9.17, 15) is 9.59 Å². The number of carbonyl (C=O) groups excluding carboxylic acids is 2. The predicted molar refractivity (Wildman–Crippen MR) is 68.9 cm³/mol. The summed E-state index contributed by atoms with van der Waals surface area (Å²) in [5.41, 5.74) is 0.142. The van der Waals surface area contributed by atoms with Crippen LogP contribution in [0.3, 0.4) is 0 Å². The Labute approximate surface area is 115 Å². The highest BCUT2D eigenvalue weighted by molar-refractivity contribution is 6.31. The third-order valence-corrected chi connectivity index (χ3v) is 2.54. The zero-order valence-corrected chi connectivity index (χ0v) is 11.1. The quantitative estimate of drug-likeness (QED) is 0.877. The lowest BCUT2D eigenvalue weighted by molar-refractivity contribution is -0.126. The van der Waals surface area contributed by atoms with Crippen LogP contribution in [-0.4, -0.2) is 25.1 Å². The lowest BCUT2D eigenvalue weighted by Gasteiger charge is -2.15. The Kier molecular flexibility index (Phi) is 5.15. The highest BCUT2D eigenvalue weighted by atomic mass is 35.5. The molecule has 1 rings (SSSR count). The molecule has 1 aromatic rings. The maximum absolute atomic E-state index is 11.6. The molecule has 0 fully saturated rings. The van der Waals surface area contributed by atoms with E-state index in [0.29, 0.717) is 0 Å². The van der Waals surface area contributed by atoms with Crippen LogP contribution in [0.4, 0.5) is 4.79 Å². The monoisotopic (exact) mass is 281 g/mol. The summed E-state index contributed by atoms with van der Waals surface area (Å²) in [7, 11) is 1.39. The van der Waals surface area contributed by atoms with Gasteiger partial charge in [0.15, 0.2) is 6.10 Å². The van der Waals surface area contributed by atoms with Crippen LogP contribution in [0, 0.1) is 11.3 Å².